The molecule has 2 aliphatic rings. The quantitative estimate of drug-likeness (QED) is 0.914. The third kappa shape index (κ3) is 2.79. The number of benzene rings is 1. The van der Waals surface area contributed by atoms with Gasteiger partial charge in [-0.05, 0) is 36.6 Å². The number of nitrogens with zero attached hydrogens (tertiary/aromatic N) is 2. The lowest BCUT2D eigenvalue weighted by molar-refractivity contribution is -0.166. The molecule has 0 saturated carbocycles. The molecule has 0 radical (unpaired) electrons. The number of pyridine rings is 1. The third-order valence-corrected chi connectivity index (χ3v) is 5.54. The molecular weight excluding hydrogens is 335 g/mol. The van der Waals surface area contributed by atoms with Crippen LogP contribution in [0.3, 0.4) is 0 Å². The van der Waals surface area contributed by atoms with Crippen molar-refractivity contribution in [1.82, 2.24) is 9.88 Å². The summed E-state index contributed by atoms with van der Waals surface area (Å²) in [7, 11) is 0. The van der Waals surface area contributed by atoms with Crippen molar-refractivity contribution in [3.8, 4) is 0 Å². The number of carbonyl (C=O) groups is 1. The zero-order valence-corrected chi connectivity index (χ0v) is 14.4. The van der Waals surface area contributed by atoms with Gasteiger partial charge in [-0.2, -0.15) is 0 Å². The molecule has 0 spiro atoms. The molecule has 2 aliphatic heterocycles. The molecule has 1 aromatic carbocycles. The van der Waals surface area contributed by atoms with Crippen LogP contribution in [0.1, 0.15) is 24.0 Å². The van der Waals surface area contributed by atoms with E-state index in [0.29, 0.717) is 31.6 Å². The molecule has 0 bridgehead atoms. The van der Waals surface area contributed by atoms with E-state index in [9.17, 15) is 14.3 Å². The maximum absolute atomic E-state index is 13.4. The van der Waals surface area contributed by atoms with Gasteiger partial charge in [-0.25, -0.2) is 4.39 Å². The van der Waals surface area contributed by atoms with E-state index in [2.05, 4.69) is 4.98 Å². The van der Waals surface area contributed by atoms with Crippen molar-refractivity contribution in [2.24, 2.45) is 0 Å². The van der Waals surface area contributed by atoms with Crippen molar-refractivity contribution in [3.05, 3.63) is 65.7 Å². The number of hydrogen-bond acceptors (Lipinski definition) is 4. The number of aromatic nitrogens is 1. The number of halogens is 1. The van der Waals surface area contributed by atoms with E-state index in [0.717, 1.165) is 5.56 Å². The van der Waals surface area contributed by atoms with E-state index in [1.165, 1.54) is 12.1 Å². The summed E-state index contributed by atoms with van der Waals surface area (Å²) in [5, 5.41) is 10.8. The van der Waals surface area contributed by atoms with E-state index in [1.54, 1.807) is 35.5 Å². The number of rotatable bonds is 3. The van der Waals surface area contributed by atoms with E-state index >= 15 is 0 Å². The minimum Gasteiger partial charge on any atom is -0.381 e. The fourth-order valence-corrected chi connectivity index (χ4v) is 3.97. The van der Waals surface area contributed by atoms with Gasteiger partial charge < -0.3 is 14.7 Å². The highest BCUT2D eigenvalue weighted by Gasteiger charge is 2.52. The first-order valence-electron chi connectivity index (χ1n) is 8.80. The smallest absolute Gasteiger partial charge is 0.233 e. The standard InChI is InChI=1S/C20H21FN2O3/c21-17-5-3-15(4-6-17)19(7-10-26-11-8-19)18(24)23-13-20(25,14-23)16-2-1-9-22-12-16/h1-6,9,12,25H,7-8,10-11,13-14H2. The van der Waals surface area contributed by atoms with Crippen LogP contribution in [0.5, 0.6) is 0 Å². The van der Waals surface area contributed by atoms with E-state index in [4.69, 9.17) is 4.74 Å². The predicted molar refractivity (Wildman–Crippen MR) is 92.8 cm³/mol. The number of amides is 1. The minimum absolute atomic E-state index is 0.0269. The maximum atomic E-state index is 13.4. The second kappa shape index (κ2) is 6.45. The Bertz CT molecular complexity index is 782. The normalized spacial score (nSPS) is 21.1. The number of hydrogen-bond donors (Lipinski definition) is 1. The first kappa shape index (κ1) is 17.1. The van der Waals surface area contributed by atoms with Gasteiger partial charge in [-0.1, -0.05) is 18.2 Å². The Morgan fingerprint density at radius 1 is 1.12 bits per heavy atom. The summed E-state index contributed by atoms with van der Waals surface area (Å²) >= 11 is 0. The zero-order valence-electron chi connectivity index (χ0n) is 14.4. The van der Waals surface area contributed by atoms with E-state index in [-0.39, 0.29) is 24.8 Å². The third-order valence-electron chi connectivity index (χ3n) is 5.54. The molecule has 136 valence electrons. The van der Waals surface area contributed by atoms with Crippen LogP contribution in [0.15, 0.2) is 48.8 Å². The predicted octanol–water partition coefficient (Wildman–Crippen LogP) is 2.00. The molecule has 1 amide bonds. The van der Waals surface area contributed by atoms with Crippen molar-refractivity contribution in [1.29, 1.82) is 0 Å². The van der Waals surface area contributed by atoms with Crippen molar-refractivity contribution in [2.75, 3.05) is 26.3 Å². The molecule has 4 rings (SSSR count). The minimum atomic E-state index is -1.06. The molecule has 5 nitrogen and oxygen atoms in total. The first-order valence-corrected chi connectivity index (χ1v) is 8.80. The highest BCUT2D eigenvalue weighted by molar-refractivity contribution is 5.89. The van der Waals surface area contributed by atoms with Crippen LogP contribution < -0.4 is 0 Å². The molecule has 3 heterocycles. The molecule has 1 N–H and O–H groups in total. The van der Waals surface area contributed by atoms with Crippen LogP contribution >= 0.6 is 0 Å². The topological polar surface area (TPSA) is 62.7 Å². The Kier molecular flexibility index (Phi) is 4.25. The van der Waals surface area contributed by atoms with Crippen molar-refractivity contribution >= 4 is 5.91 Å². The van der Waals surface area contributed by atoms with Crippen LogP contribution in [0.2, 0.25) is 0 Å². The molecule has 2 saturated heterocycles. The maximum Gasteiger partial charge on any atom is 0.233 e. The Morgan fingerprint density at radius 2 is 1.81 bits per heavy atom. The largest absolute Gasteiger partial charge is 0.381 e. The van der Waals surface area contributed by atoms with Gasteiger partial charge in [-0.15, -0.1) is 0 Å². The molecule has 1 aromatic heterocycles. The number of ether oxygens (including phenoxy) is 1. The molecule has 0 atom stereocenters. The number of β-amino-alcohol motifs (C(OH)–C–C–N with tert-alkyl or cyclic N) is 1. The average molecular weight is 356 g/mol. The molecule has 0 aliphatic carbocycles. The summed E-state index contributed by atoms with van der Waals surface area (Å²) in [4.78, 5) is 19.1. The Morgan fingerprint density at radius 3 is 2.42 bits per heavy atom. The summed E-state index contributed by atoms with van der Waals surface area (Å²) in [5.74, 6) is -0.348. The van der Waals surface area contributed by atoms with Crippen LogP contribution in [0, 0.1) is 5.82 Å². The van der Waals surface area contributed by atoms with Gasteiger partial charge in [0.1, 0.15) is 11.4 Å². The SMILES string of the molecule is O=C(N1CC(O)(c2cccnc2)C1)C1(c2ccc(F)cc2)CCOCC1. The van der Waals surface area contributed by atoms with Gasteiger partial charge in [0.15, 0.2) is 0 Å². The fraction of sp³-hybridized carbons (Fsp3) is 0.400. The molecule has 2 aromatic rings. The first-order chi connectivity index (χ1) is 12.5. The van der Waals surface area contributed by atoms with Crippen molar-refractivity contribution < 1.29 is 19.0 Å². The van der Waals surface area contributed by atoms with Gasteiger partial charge in [0.05, 0.1) is 18.5 Å². The van der Waals surface area contributed by atoms with Gasteiger partial charge in [0.25, 0.3) is 0 Å². The van der Waals surface area contributed by atoms with E-state index in [1.807, 2.05) is 6.07 Å². The fourth-order valence-electron chi connectivity index (χ4n) is 3.97. The lowest BCUT2D eigenvalue weighted by Crippen LogP contribution is -2.65. The Hall–Kier alpha value is -2.31. The molecule has 0 unspecified atom stereocenters. The molecular formula is C20H21FN2O3. The van der Waals surface area contributed by atoms with Crippen LogP contribution in [-0.2, 0) is 20.5 Å². The van der Waals surface area contributed by atoms with E-state index < -0.39 is 11.0 Å². The average Bonchev–Trinajstić information content (AvgIpc) is 2.66. The van der Waals surface area contributed by atoms with Gasteiger partial charge in [0, 0.05) is 31.2 Å². The second-order valence-electron chi connectivity index (χ2n) is 7.14. The van der Waals surface area contributed by atoms with Gasteiger partial charge in [-0.3, -0.25) is 9.78 Å². The van der Waals surface area contributed by atoms with Crippen LogP contribution in [0.4, 0.5) is 4.39 Å². The Balaban J connectivity index is 1.58. The molecule has 26 heavy (non-hydrogen) atoms. The highest BCUT2D eigenvalue weighted by Crippen LogP contribution is 2.41. The van der Waals surface area contributed by atoms with Gasteiger partial charge >= 0.3 is 0 Å². The summed E-state index contributed by atoms with van der Waals surface area (Å²) in [6.07, 6.45) is 4.39. The second-order valence-corrected chi connectivity index (χ2v) is 7.14. The lowest BCUT2D eigenvalue weighted by atomic mass is 9.71. The Labute approximate surface area is 151 Å². The number of aliphatic hydroxyl groups is 1. The van der Waals surface area contributed by atoms with Gasteiger partial charge in [0.2, 0.25) is 5.91 Å². The van der Waals surface area contributed by atoms with Crippen LogP contribution in [0.25, 0.3) is 0 Å². The monoisotopic (exact) mass is 356 g/mol. The highest BCUT2D eigenvalue weighted by atomic mass is 19.1. The summed E-state index contributed by atoms with van der Waals surface area (Å²) in [6.45, 7) is 1.45. The van der Waals surface area contributed by atoms with Crippen molar-refractivity contribution in [3.63, 3.8) is 0 Å². The van der Waals surface area contributed by atoms with Crippen LogP contribution in [-0.4, -0.2) is 47.2 Å². The summed E-state index contributed by atoms with van der Waals surface area (Å²) < 4.78 is 18.8. The zero-order chi connectivity index (χ0) is 18.2. The summed E-state index contributed by atoms with van der Waals surface area (Å²) in [5.41, 5.74) is -0.253. The molecule has 2 fully saturated rings. The van der Waals surface area contributed by atoms with Crippen molar-refractivity contribution in [2.45, 2.75) is 23.9 Å². The molecule has 6 heteroatoms. The number of carbonyl (C=O) groups excluding carboxylic acids is 1. The summed E-state index contributed by atoms with van der Waals surface area (Å²) in [6, 6.07) is 9.75. The lowest BCUT2D eigenvalue weighted by Gasteiger charge is -2.50. The number of likely N-dealkylation sites (tertiary alicyclic amines) is 1.